The van der Waals surface area contributed by atoms with Gasteiger partial charge in [-0.2, -0.15) is 0 Å². The van der Waals surface area contributed by atoms with Gasteiger partial charge in [-0.1, -0.05) is 30.9 Å². The molecule has 2 aliphatic carbocycles. The van der Waals surface area contributed by atoms with Gasteiger partial charge >= 0.3 is 0 Å². The molecule has 0 spiro atoms. The Morgan fingerprint density at radius 1 is 1.17 bits per heavy atom. The van der Waals surface area contributed by atoms with Gasteiger partial charge in [0.1, 0.15) is 5.78 Å². The van der Waals surface area contributed by atoms with Crippen molar-refractivity contribution in [2.45, 2.75) is 44.9 Å². The summed E-state index contributed by atoms with van der Waals surface area (Å²) in [6, 6.07) is 0. The second-order valence-electron chi connectivity index (χ2n) is 4.03. The summed E-state index contributed by atoms with van der Waals surface area (Å²) >= 11 is 0. The van der Waals surface area contributed by atoms with E-state index in [-0.39, 0.29) is 0 Å². The van der Waals surface area contributed by atoms with E-state index in [1.807, 2.05) is 0 Å². The van der Waals surface area contributed by atoms with E-state index in [0.29, 0.717) is 12.2 Å². The molecule has 1 heteroatoms. The minimum Gasteiger partial charge on any atom is -0.299 e. The first kappa shape index (κ1) is 8.03. The average molecular weight is 164 g/mol. The molecule has 1 saturated carbocycles. The zero-order valence-corrected chi connectivity index (χ0v) is 7.51. The zero-order valence-electron chi connectivity index (χ0n) is 7.51. The summed E-state index contributed by atoms with van der Waals surface area (Å²) < 4.78 is 0. The molecule has 66 valence electrons. The molecule has 0 heterocycles. The zero-order chi connectivity index (χ0) is 8.39. The number of carbonyl (C=O) groups is 1. The smallest absolute Gasteiger partial charge is 0.140 e. The predicted molar refractivity (Wildman–Crippen MR) is 48.9 cm³/mol. The molecule has 0 aromatic rings. The lowest BCUT2D eigenvalue weighted by Gasteiger charge is -2.22. The maximum absolute atomic E-state index is 11.0. The summed E-state index contributed by atoms with van der Waals surface area (Å²) in [6.07, 6.45) is 10.5. The van der Waals surface area contributed by atoms with Gasteiger partial charge in [0.15, 0.2) is 0 Å². The number of rotatable bonds is 1. The third-order valence-electron chi connectivity index (χ3n) is 3.12. The van der Waals surface area contributed by atoms with Crippen LogP contribution in [0.2, 0.25) is 0 Å². The topological polar surface area (TPSA) is 17.1 Å². The Labute approximate surface area is 73.8 Å². The average Bonchev–Trinajstić information content (AvgIpc) is 2.54. The molecular weight excluding hydrogens is 148 g/mol. The number of carbonyl (C=O) groups excluding carboxylic acids is 1. The van der Waals surface area contributed by atoms with Crippen LogP contribution in [-0.2, 0) is 4.79 Å². The summed E-state index contributed by atoms with van der Waals surface area (Å²) in [5, 5.41) is 0. The van der Waals surface area contributed by atoms with Gasteiger partial charge in [0.2, 0.25) is 0 Å². The Morgan fingerprint density at radius 2 is 1.92 bits per heavy atom. The fourth-order valence-corrected chi connectivity index (χ4v) is 2.40. The van der Waals surface area contributed by atoms with Gasteiger partial charge in [0, 0.05) is 12.8 Å². The normalized spacial score (nSPS) is 26.0. The fraction of sp³-hybridized carbons (Fsp3) is 0.727. The van der Waals surface area contributed by atoms with E-state index < -0.39 is 0 Å². The van der Waals surface area contributed by atoms with E-state index >= 15 is 0 Å². The highest BCUT2D eigenvalue weighted by Crippen LogP contribution is 2.34. The van der Waals surface area contributed by atoms with E-state index in [4.69, 9.17) is 0 Å². The molecule has 0 aromatic heterocycles. The van der Waals surface area contributed by atoms with E-state index in [1.165, 1.54) is 37.7 Å². The van der Waals surface area contributed by atoms with Gasteiger partial charge in [0.05, 0.1) is 0 Å². The minimum atomic E-state index is 0.426. The molecule has 0 atom stereocenters. The van der Waals surface area contributed by atoms with E-state index in [1.54, 1.807) is 0 Å². The molecule has 0 unspecified atom stereocenters. The first-order chi connectivity index (χ1) is 5.86. The molecule has 2 rings (SSSR count). The summed E-state index contributed by atoms with van der Waals surface area (Å²) in [7, 11) is 0. The van der Waals surface area contributed by atoms with Gasteiger partial charge in [0.25, 0.3) is 0 Å². The molecule has 0 saturated heterocycles. The summed E-state index contributed by atoms with van der Waals surface area (Å²) in [5.74, 6) is 1.20. The monoisotopic (exact) mass is 164 g/mol. The first-order valence-corrected chi connectivity index (χ1v) is 5.07. The molecule has 1 nitrogen and oxygen atoms in total. The fourth-order valence-electron chi connectivity index (χ4n) is 2.40. The Morgan fingerprint density at radius 3 is 2.50 bits per heavy atom. The molecule has 12 heavy (non-hydrogen) atoms. The van der Waals surface area contributed by atoms with Crippen molar-refractivity contribution in [3.63, 3.8) is 0 Å². The van der Waals surface area contributed by atoms with Crippen LogP contribution in [0.3, 0.4) is 0 Å². The molecule has 1 fully saturated rings. The van der Waals surface area contributed by atoms with E-state index in [9.17, 15) is 4.79 Å². The summed E-state index contributed by atoms with van der Waals surface area (Å²) in [6.45, 7) is 0. The Hall–Kier alpha value is -0.590. The molecule has 2 aliphatic rings. The van der Waals surface area contributed by atoms with Crippen LogP contribution in [0.4, 0.5) is 0 Å². The second-order valence-corrected chi connectivity index (χ2v) is 4.03. The highest BCUT2D eigenvalue weighted by atomic mass is 16.1. The standard InChI is InChI=1S/C11H16O/c12-11-7-6-10(8-11)9-4-2-1-3-5-9/h6,9H,1-5,7-8H2. The molecule has 0 bridgehead atoms. The third kappa shape index (κ3) is 1.60. The number of ketones is 1. The lowest BCUT2D eigenvalue weighted by Crippen LogP contribution is -2.08. The third-order valence-corrected chi connectivity index (χ3v) is 3.12. The lowest BCUT2D eigenvalue weighted by molar-refractivity contribution is -0.117. The number of allylic oxidation sites excluding steroid dienone is 2. The Bertz CT molecular complexity index is 209. The van der Waals surface area contributed by atoms with Crippen molar-refractivity contribution in [3.05, 3.63) is 11.6 Å². The first-order valence-electron chi connectivity index (χ1n) is 5.07. The molecule has 0 N–H and O–H groups in total. The van der Waals surface area contributed by atoms with Crippen molar-refractivity contribution < 1.29 is 4.79 Å². The second kappa shape index (κ2) is 3.42. The van der Waals surface area contributed by atoms with Gasteiger partial charge in [-0.05, 0) is 18.8 Å². The van der Waals surface area contributed by atoms with Crippen LogP contribution in [0.25, 0.3) is 0 Å². The number of hydrogen-bond donors (Lipinski definition) is 0. The highest BCUT2D eigenvalue weighted by Gasteiger charge is 2.22. The van der Waals surface area contributed by atoms with Crippen molar-refractivity contribution in [2.24, 2.45) is 5.92 Å². The molecule has 0 amide bonds. The summed E-state index contributed by atoms with van der Waals surface area (Å²) in [4.78, 5) is 11.0. The molecule has 0 aliphatic heterocycles. The van der Waals surface area contributed by atoms with E-state index in [2.05, 4.69) is 6.08 Å². The van der Waals surface area contributed by atoms with Gasteiger partial charge < -0.3 is 0 Å². The lowest BCUT2D eigenvalue weighted by atomic mass is 9.83. The van der Waals surface area contributed by atoms with Crippen LogP contribution in [0.1, 0.15) is 44.9 Å². The predicted octanol–water partition coefficient (Wildman–Crippen LogP) is 2.86. The van der Waals surface area contributed by atoms with Crippen LogP contribution in [-0.4, -0.2) is 5.78 Å². The van der Waals surface area contributed by atoms with E-state index in [0.717, 1.165) is 12.3 Å². The van der Waals surface area contributed by atoms with Crippen LogP contribution in [0.15, 0.2) is 11.6 Å². The SMILES string of the molecule is O=C1CC=C(C2CCCCC2)C1. The van der Waals surface area contributed by atoms with Crippen molar-refractivity contribution in [1.82, 2.24) is 0 Å². The highest BCUT2D eigenvalue weighted by molar-refractivity contribution is 5.85. The molecule has 0 radical (unpaired) electrons. The largest absolute Gasteiger partial charge is 0.299 e. The maximum atomic E-state index is 11.0. The summed E-state index contributed by atoms with van der Waals surface area (Å²) in [5.41, 5.74) is 1.46. The van der Waals surface area contributed by atoms with Crippen LogP contribution < -0.4 is 0 Å². The van der Waals surface area contributed by atoms with Crippen molar-refractivity contribution >= 4 is 5.78 Å². The number of Topliss-reactive ketones (excluding diaryl/α,β-unsaturated/α-hetero) is 1. The Balaban J connectivity index is 1.95. The minimum absolute atomic E-state index is 0.426. The molecule has 0 aromatic carbocycles. The molecular formula is C11H16O. The van der Waals surface area contributed by atoms with Crippen molar-refractivity contribution in [1.29, 1.82) is 0 Å². The van der Waals surface area contributed by atoms with Crippen LogP contribution in [0, 0.1) is 5.92 Å². The number of hydrogen-bond acceptors (Lipinski definition) is 1. The van der Waals surface area contributed by atoms with Gasteiger partial charge in [-0.3, -0.25) is 4.79 Å². The van der Waals surface area contributed by atoms with Crippen LogP contribution in [0.5, 0.6) is 0 Å². The quantitative estimate of drug-likeness (QED) is 0.545. The van der Waals surface area contributed by atoms with Gasteiger partial charge in [-0.15, -0.1) is 0 Å². The van der Waals surface area contributed by atoms with Crippen molar-refractivity contribution in [2.75, 3.05) is 0 Å². The van der Waals surface area contributed by atoms with Crippen molar-refractivity contribution in [3.8, 4) is 0 Å². The van der Waals surface area contributed by atoms with Crippen LogP contribution >= 0.6 is 0 Å². The Kier molecular flexibility index (Phi) is 2.29. The van der Waals surface area contributed by atoms with Gasteiger partial charge in [-0.25, -0.2) is 0 Å². The maximum Gasteiger partial charge on any atom is 0.140 e.